The summed E-state index contributed by atoms with van der Waals surface area (Å²) in [6.07, 6.45) is 4.27. The molecule has 2 saturated carbocycles. The normalized spacial score (nSPS) is 48.2. The van der Waals surface area contributed by atoms with E-state index in [0.29, 0.717) is 16.9 Å². The highest BCUT2D eigenvalue weighted by atomic mass is 15.4. The van der Waals surface area contributed by atoms with Gasteiger partial charge < -0.3 is 0 Å². The Kier molecular flexibility index (Phi) is 2.45. The zero-order chi connectivity index (χ0) is 12.4. The van der Waals surface area contributed by atoms with Crippen molar-refractivity contribution >= 4 is 0 Å². The lowest BCUT2D eigenvalue weighted by atomic mass is 9.73. The zero-order valence-electron chi connectivity index (χ0n) is 12.0. The van der Waals surface area contributed by atoms with Crippen LogP contribution in [0.15, 0.2) is 0 Å². The van der Waals surface area contributed by atoms with E-state index >= 15 is 0 Å². The first-order valence-electron chi connectivity index (χ1n) is 7.33. The molecule has 2 nitrogen and oxygen atoms in total. The summed E-state index contributed by atoms with van der Waals surface area (Å²) in [5.74, 6) is 2.76. The molecular formula is C15H28N2. The predicted molar refractivity (Wildman–Crippen MR) is 71.4 cm³/mol. The number of hydrogen-bond donors (Lipinski definition) is 2. The fraction of sp³-hybridized carbons (Fsp3) is 1.00. The second kappa shape index (κ2) is 3.48. The Bertz CT molecular complexity index is 315. The number of nitrogens with one attached hydrogen (secondary N) is 2. The molecule has 3 aliphatic rings. The fourth-order valence-electron chi connectivity index (χ4n) is 4.95. The van der Waals surface area contributed by atoms with Gasteiger partial charge >= 0.3 is 0 Å². The van der Waals surface area contributed by atoms with Crippen molar-refractivity contribution in [2.45, 2.75) is 66.0 Å². The number of rotatable bonds is 0. The van der Waals surface area contributed by atoms with E-state index in [1.807, 2.05) is 0 Å². The van der Waals surface area contributed by atoms with Crippen molar-refractivity contribution in [1.82, 2.24) is 10.9 Å². The Hall–Kier alpha value is -0.0800. The molecule has 0 aromatic carbocycles. The highest BCUT2D eigenvalue weighted by Crippen LogP contribution is 2.62. The smallest absolute Gasteiger partial charge is 0.0278 e. The summed E-state index contributed by atoms with van der Waals surface area (Å²) in [7, 11) is 0. The van der Waals surface area contributed by atoms with Gasteiger partial charge in [-0.05, 0) is 47.8 Å². The van der Waals surface area contributed by atoms with Crippen LogP contribution in [0.4, 0.5) is 0 Å². The van der Waals surface area contributed by atoms with Gasteiger partial charge in [-0.15, -0.1) is 0 Å². The summed E-state index contributed by atoms with van der Waals surface area (Å²) in [4.78, 5) is 0. The molecule has 3 rings (SSSR count). The molecule has 5 unspecified atom stereocenters. The van der Waals surface area contributed by atoms with Gasteiger partial charge in [-0.25, -0.2) is 0 Å². The van der Waals surface area contributed by atoms with E-state index in [4.69, 9.17) is 0 Å². The third-order valence-corrected chi connectivity index (χ3v) is 6.09. The first-order chi connectivity index (χ1) is 7.82. The van der Waals surface area contributed by atoms with Crippen LogP contribution in [0.25, 0.3) is 0 Å². The molecule has 98 valence electrons. The Morgan fingerprint density at radius 3 is 2.29 bits per heavy atom. The maximum absolute atomic E-state index is 3.67. The Labute approximate surface area is 106 Å². The van der Waals surface area contributed by atoms with Gasteiger partial charge in [-0.3, -0.25) is 10.9 Å². The molecule has 1 saturated heterocycles. The van der Waals surface area contributed by atoms with Crippen molar-refractivity contribution < 1.29 is 0 Å². The molecule has 2 aliphatic carbocycles. The van der Waals surface area contributed by atoms with Gasteiger partial charge in [0.1, 0.15) is 0 Å². The van der Waals surface area contributed by atoms with Crippen LogP contribution in [0.2, 0.25) is 0 Å². The Morgan fingerprint density at radius 2 is 1.65 bits per heavy atom. The molecule has 17 heavy (non-hydrogen) atoms. The van der Waals surface area contributed by atoms with Crippen LogP contribution in [0.5, 0.6) is 0 Å². The fourth-order valence-corrected chi connectivity index (χ4v) is 4.95. The highest BCUT2D eigenvalue weighted by molar-refractivity contribution is 5.12. The largest absolute Gasteiger partial charge is 0.254 e. The van der Waals surface area contributed by atoms with Crippen LogP contribution in [-0.2, 0) is 0 Å². The average molecular weight is 236 g/mol. The minimum absolute atomic E-state index is 0.365. The molecule has 1 heterocycles. The molecule has 2 N–H and O–H groups in total. The first kappa shape index (κ1) is 12.0. The third kappa shape index (κ3) is 1.60. The Balaban J connectivity index is 1.81. The summed E-state index contributed by atoms with van der Waals surface area (Å²) in [6.45, 7) is 12.1. The monoisotopic (exact) mass is 236 g/mol. The number of hydrazine groups is 1. The van der Waals surface area contributed by atoms with E-state index in [1.54, 1.807) is 0 Å². The molecule has 0 aromatic heterocycles. The summed E-state index contributed by atoms with van der Waals surface area (Å²) in [5.41, 5.74) is 8.21. The summed E-state index contributed by atoms with van der Waals surface area (Å²) >= 11 is 0. The van der Waals surface area contributed by atoms with Gasteiger partial charge in [0.05, 0.1) is 0 Å². The van der Waals surface area contributed by atoms with Gasteiger partial charge in [0.25, 0.3) is 0 Å². The van der Waals surface area contributed by atoms with E-state index in [1.165, 1.54) is 19.3 Å². The minimum atomic E-state index is 0.365. The summed E-state index contributed by atoms with van der Waals surface area (Å²) in [6, 6.07) is 1.36. The van der Waals surface area contributed by atoms with Crippen LogP contribution >= 0.6 is 0 Å². The van der Waals surface area contributed by atoms with E-state index in [2.05, 4.69) is 45.5 Å². The second-order valence-corrected chi connectivity index (χ2v) is 8.24. The molecule has 0 radical (unpaired) electrons. The lowest BCUT2D eigenvalue weighted by molar-refractivity contribution is 0.0882. The van der Waals surface area contributed by atoms with Gasteiger partial charge in [-0.1, -0.05) is 34.6 Å². The molecule has 2 bridgehead atoms. The molecule has 3 fully saturated rings. The lowest BCUT2D eigenvalue weighted by Gasteiger charge is -2.44. The van der Waals surface area contributed by atoms with E-state index < -0.39 is 0 Å². The number of hydrogen-bond acceptors (Lipinski definition) is 2. The standard InChI is InChI=1S/C15H28N2/c1-14(2,3)12-8-9-10-6-7-11(15(10,4)5)13(9)17-16-12/h9-13,16-17H,6-8H2,1-5H3. The quantitative estimate of drug-likeness (QED) is 0.676. The predicted octanol–water partition coefficient (Wildman–Crippen LogP) is 2.95. The van der Waals surface area contributed by atoms with Crippen molar-refractivity contribution in [2.24, 2.45) is 28.6 Å². The summed E-state index contributed by atoms with van der Waals surface area (Å²) < 4.78 is 0. The molecule has 0 amide bonds. The van der Waals surface area contributed by atoms with Gasteiger partial charge in [-0.2, -0.15) is 0 Å². The molecule has 1 aliphatic heterocycles. The molecule has 5 atom stereocenters. The van der Waals surface area contributed by atoms with E-state index in [0.717, 1.165) is 23.8 Å². The van der Waals surface area contributed by atoms with Crippen molar-refractivity contribution in [3.05, 3.63) is 0 Å². The minimum Gasteiger partial charge on any atom is -0.254 e. The van der Waals surface area contributed by atoms with E-state index in [9.17, 15) is 0 Å². The topological polar surface area (TPSA) is 24.1 Å². The van der Waals surface area contributed by atoms with Crippen LogP contribution in [0, 0.1) is 28.6 Å². The number of fused-ring (bicyclic) bond motifs is 5. The van der Waals surface area contributed by atoms with Crippen LogP contribution in [0.3, 0.4) is 0 Å². The average Bonchev–Trinajstić information content (AvgIpc) is 2.64. The zero-order valence-corrected chi connectivity index (χ0v) is 12.0. The second-order valence-electron chi connectivity index (χ2n) is 8.24. The van der Waals surface area contributed by atoms with Crippen LogP contribution in [-0.4, -0.2) is 12.1 Å². The molecule has 0 aromatic rings. The summed E-state index contributed by atoms with van der Waals surface area (Å²) in [5, 5.41) is 0. The van der Waals surface area contributed by atoms with Gasteiger partial charge in [0, 0.05) is 12.1 Å². The maximum Gasteiger partial charge on any atom is 0.0278 e. The van der Waals surface area contributed by atoms with Crippen LogP contribution < -0.4 is 10.9 Å². The third-order valence-electron chi connectivity index (χ3n) is 6.09. The van der Waals surface area contributed by atoms with Crippen molar-refractivity contribution in [2.75, 3.05) is 0 Å². The van der Waals surface area contributed by atoms with Gasteiger partial charge in [0.2, 0.25) is 0 Å². The lowest BCUT2D eigenvalue weighted by Crippen LogP contribution is -2.61. The molecular weight excluding hydrogens is 208 g/mol. The molecule has 0 spiro atoms. The molecule has 2 heteroatoms. The SMILES string of the molecule is CC(C)(C)C1CC2C(NN1)C1CCC2C1(C)C. The first-order valence-corrected chi connectivity index (χ1v) is 7.33. The Morgan fingerprint density at radius 1 is 1.00 bits per heavy atom. The van der Waals surface area contributed by atoms with Gasteiger partial charge in [0.15, 0.2) is 0 Å². The van der Waals surface area contributed by atoms with Crippen molar-refractivity contribution in [3.63, 3.8) is 0 Å². The van der Waals surface area contributed by atoms with Crippen molar-refractivity contribution in [3.8, 4) is 0 Å². The maximum atomic E-state index is 3.67. The van der Waals surface area contributed by atoms with Crippen LogP contribution in [0.1, 0.15) is 53.9 Å². The highest BCUT2D eigenvalue weighted by Gasteiger charge is 2.60. The van der Waals surface area contributed by atoms with Crippen molar-refractivity contribution in [1.29, 1.82) is 0 Å². The van der Waals surface area contributed by atoms with E-state index in [-0.39, 0.29) is 0 Å².